The van der Waals surface area contributed by atoms with Gasteiger partial charge in [0.2, 0.25) is 17.7 Å². The van der Waals surface area contributed by atoms with Gasteiger partial charge in [-0.2, -0.15) is 0 Å². The summed E-state index contributed by atoms with van der Waals surface area (Å²) in [6.45, 7) is 10.1. The van der Waals surface area contributed by atoms with Crippen molar-refractivity contribution in [3.8, 4) is 10.4 Å². The van der Waals surface area contributed by atoms with E-state index in [-0.39, 0.29) is 51.8 Å². The molecule has 1 aromatic carbocycles. The number of β-amino-alcohol motifs (C(OH)–C–C–N with tert-alkyl or cyclic N) is 1. The summed E-state index contributed by atoms with van der Waals surface area (Å²) in [5, 5.41) is 16.1. The summed E-state index contributed by atoms with van der Waals surface area (Å²) in [5.41, 5.74) is 4.04. The van der Waals surface area contributed by atoms with Gasteiger partial charge in [-0.05, 0) is 23.5 Å². The van der Waals surface area contributed by atoms with Gasteiger partial charge < -0.3 is 49.1 Å². The largest absolute Gasteiger partial charge is 0.391 e. The molecule has 15 heteroatoms. The highest BCUT2D eigenvalue weighted by Crippen LogP contribution is 2.28. The smallest absolute Gasteiger partial charge is 0.246 e. The zero-order chi connectivity index (χ0) is 35.6. The molecular weight excluding hydrogens is 656 g/mol. The standard InChI is InChI=1S/C34H50N4O10S/c1-24-30(49-23-36-24)26-7-5-25(6-8-26)20-35-32(42)28-19-27(40)21-38(28)33(43)31(34(2,3)4)37-29(41)22-48-18-17-47-16-15-46-14-13-45-12-11-44-10-9-39/h5-9,23,27-28,31,40H,10-22H2,1-4H3,(H,35,42)(H,37,41)/t27-,28+,31-/m1/s1. The van der Waals surface area contributed by atoms with Crippen molar-refractivity contribution in [1.29, 1.82) is 0 Å². The van der Waals surface area contributed by atoms with Crippen molar-refractivity contribution in [2.45, 2.75) is 58.8 Å². The van der Waals surface area contributed by atoms with Gasteiger partial charge in [0, 0.05) is 19.5 Å². The van der Waals surface area contributed by atoms with Gasteiger partial charge in [0.1, 0.15) is 31.6 Å². The van der Waals surface area contributed by atoms with Crippen LogP contribution in [0.4, 0.5) is 0 Å². The molecule has 49 heavy (non-hydrogen) atoms. The van der Waals surface area contributed by atoms with E-state index >= 15 is 0 Å². The van der Waals surface area contributed by atoms with E-state index in [4.69, 9.17) is 23.7 Å². The summed E-state index contributed by atoms with van der Waals surface area (Å²) in [7, 11) is 0. The first-order valence-corrected chi connectivity index (χ1v) is 17.3. The third-order valence-electron chi connectivity index (χ3n) is 7.62. The predicted octanol–water partition coefficient (Wildman–Crippen LogP) is 1.51. The Hall–Kier alpha value is -3.31. The molecule has 2 aromatic rings. The number of aliphatic hydroxyl groups excluding tert-OH is 1. The molecule has 2 heterocycles. The maximum absolute atomic E-state index is 13.8. The van der Waals surface area contributed by atoms with Crippen LogP contribution in [0.3, 0.4) is 0 Å². The maximum Gasteiger partial charge on any atom is 0.246 e. The number of nitrogens with zero attached hydrogens (tertiary/aromatic N) is 2. The molecule has 0 spiro atoms. The minimum atomic E-state index is -0.951. The molecule has 1 fully saturated rings. The average Bonchev–Trinajstić information content (AvgIpc) is 3.68. The van der Waals surface area contributed by atoms with Crippen LogP contribution in [0.25, 0.3) is 10.4 Å². The van der Waals surface area contributed by atoms with Crippen LogP contribution < -0.4 is 10.6 Å². The Balaban J connectivity index is 1.38. The number of carbonyl (C=O) groups excluding carboxylic acids is 4. The van der Waals surface area contributed by atoms with Crippen LogP contribution in [0.1, 0.15) is 38.4 Å². The SMILES string of the molecule is Cc1ncsc1-c1ccc(CNC(=O)[C@@H]2C[C@@H](O)CN2C(=O)[C@@H](NC(=O)COCCOCCOCCOCCOCC=O)C(C)(C)C)cc1. The molecule has 3 atom stereocenters. The van der Waals surface area contributed by atoms with Crippen molar-refractivity contribution >= 4 is 35.3 Å². The second-order valence-electron chi connectivity index (χ2n) is 12.6. The lowest BCUT2D eigenvalue weighted by Crippen LogP contribution is -2.58. The number of benzene rings is 1. The van der Waals surface area contributed by atoms with Gasteiger partial charge in [-0.1, -0.05) is 45.0 Å². The Morgan fingerprint density at radius 2 is 1.57 bits per heavy atom. The van der Waals surface area contributed by atoms with Crippen molar-refractivity contribution in [2.75, 3.05) is 72.6 Å². The molecule has 3 N–H and O–H groups in total. The minimum Gasteiger partial charge on any atom is -0.391 e. The zero-order valence-electron chi connectivity index (χ0n) is 28.8. The van der Waals surface area contributed by atoms with Gasteiger partial charge in [0.25, 0.3) is 0 Å². The topological polar surface area (TPSA) is 175 Å². The van der Waals surface area contributed by atoms with Gasteiger partial charge in [-0.25, -0.2) is 4.98 Å². The monoisotopic (exact) mass is 706 g/mol. The van der Waals surface area contributed by atoms with Crippen LogP contribution >= 0.6 is 11.3 Å². The van der Waals surface area contributed by atoms with Crippen molar-refractivity contribution < 1.29 is 48.0 Å². The van der Waals surface area contributed by atoms with Crippen molar-refractivity contribution in [2.24, 2.45) is 5.41 Å². The number of aldehydes is 1. The number of aliphatic hydroxyl groups is 1. The number of nitrogens with one attached hydrogen (secondary N) is 2. The van der Waals surface area contributed by atoms with E-state index in [0.29, 0.717) is 45.9 Å². The molecule has 3 rings (SSSR count). The Morgan fingerprint density at radius 1 is 0.980 bits per heavy atom. The first kappa shape index (κ1) is 40.1. The molecule has 0 aliphatic carbocycles. The maximum atomic E-state index is 13.8. The number of hydrogen-bond acceptors (Lipinski definition) is 12. The molecule has 1 aliphatic heterocycles. The van der Waals surface area contributed by atoms with Crippen LogP contribution in [-0.2, 0) is 49.4 Å². The lowest BCUT2D eigenvalue weighted by Gasteiger charge is -2.35. The molecule has 0 bridgehead atoms. The molecule has 272 valence electrons. The quantitative estimate of drug-likeness (QED) is 0.120. The van der Waals surface area contributed by atoms with E-state index in [1.165, 1.54) is 4.90 Å². The highest BCUT2D eigenvalue weighted by atomic mass is 32.1. The third-order valence-corrected chi connectivity index (χ3v) is 8.60. The Kier molecular flexibility index (Phi) is 17.2. The molecule has 0 saturated carbocycles. The number of ether oxygens (including phenoxy) is 5. The molecule has 1 saturated heterocycles. The van der Waals surface area contributed by atoms with Crippen LogP contribution in [0.5, 0.6) is 0 Å². The third kappa shape index (κ3) is 13.8. The van der Waals surface area contributed by atoms with Crippen molar-refractivity contribution in [1.82, 2.24) is 20.5 Å². The van der Waals surface area contributed by atoms with Crippen LogP contribution in [0, 0.1) is 12.3 Å². The number of carbonyl (C=O) groups is 4. The summed E-state index contributed by atoms with van der Waals surface area (Å²) in [5.74, 6) is -1.29. The lowest BCUT2D eigenvalue weighted by atomic mass is 9.85. The lowest BCUT2D eigenvalue weighted by molar-refractivity contribution is -0.144. The number of rotatable bonds is 22. The van der Waals surface area contributed by atoms with Gasteiger partial charge in [-0.15, -0.1) is 11.3 Å². The Bertz CT molecular complexity index is 1320. The van der Waals surface area contributed by atoms with E-state index in [9.17, 15) is 24.3 Å². The number of hydrogen-bond donors (Lipinski definition) is 3. The molecule has 1 aromatic heterocycles. The predicted molar refractivity (Wildman–Crippen MR) is 182 cm³/mol. The van der Waals surface area contributed by atoms with Crippen molar-refractivity contribution in [3.63, 3.8) is 0 Å². The highest BCUT2D eigenvalue weighted by Gasteiger charge is 2.44. The van der Waals surface area contributed by atoms with E-state index < -0.39 is 35.4 Å². The summed E-state index contributed by atoms with van der Waals surface area (Å²) >= 11 is 1.57. The zero-order valence-corrected chi connectivity index (χ0v) is 29.6. The van der Waals surface area contributed by atoms with Crippen LogP contribution in [0.15, 0.2) is 29.8 Å². The summed E-state index contributed by atoms with van der Waals surface area (Å²) in [6.07, 6.45) is -0.0725. The van der Waals surface area contributed by atoms with E-state index in [1.54, 1.807) is 11.3 Å². The van der Waals surface area contributed by atoms with Crippen LogP contribution in [-0.4, -0.2) is 130 Å². The fraction of sp³-hybridized carbons (Fsp3) is 0.618. The van der Waals surface area contributed by atoms with Gasteiger partial charge in [-0.3, -0.25) is 14.4 Å². The second kappa shape index (κ2) is 21.0. The number of aryl methyl sites for hydroxylation is 1. The molecular formula is C34H50N4O10S. The average molecular weight is 707 g/mol. The minimum absolute atomic E-state index is 0.00964. The summed E-state index contributed by atoms with van der Waals surface area (Å²) < 4.78 is 26.5. The molecule has 14 nitrogen and oxygen atoms in total. The first-order chi connectivity index (χ1) is 23.5. The molecule has 1 aliphatic rings. The first-order valence-electron chi connectivity index (χ1n) is 16.4. The second-order valence-corrected chi connectivity index (χ2v) is 13.4. The molecule has 0 unspecified atom stereocenters. The van der Waals surface area contributed by atoms with Gasteiger partial charge >= 0.3 is 0 Å². The molecule has 3 amide bonds. The van der Waals surface area contributed by atoms with E-state index in [1.807, 2.05) is 57.5 Å². The van der Waals surface area contributed by atoms with E-state index in [0.717, 1.165) is 21.7 Å². The molecule has 0 radical (unpaired) electrons. The highest BCUT2D eigenvalue weighted by molar-refractivity contribution is 7.13. The van der Waals surface area contributed by atoms with E-state index in [2.05, 4.69) is 15.6 Å². The number of thiazole rings is 1. The fourth-order valence-corrected chi connectivity index (χ4v) is 5.87. The normalized spacial score (nSPS) is 16.8. The Morgan fingerprint density at radius 3 is 2.12 bits per heavy atom. The number of aromatic nitrogens is 1. The van der Waals surface area contributed by atoms with Gasteiger partial charge in [0.05, 0.1) is 75.0 Å². The Labute approximate surface area is 291 Å². The summed E-state index contributed by atoms with van der Waals surface area (Å²) in [4.78, 5) is 56.7. The summed E-state index contributed by atoms with van der Waals surface area (Å²) in [6, 6.07) is 6.02. The van der Waals surface area contributed by atoms with Crippen molar-refractivity contribution in [3.05, 3.63) is 41.0 Å². The number of amides is 3. The van der Waals surface area contributed by atoms with Crippen LogP contribution in [0.2, 0.25) is 0 Å². The number of likely N-dealkylation sites (tertiary alicyclic amines) is 1. The fourth-order valence-electron chi connectivity index (χ4n) is 5.06. The van der Waals surface area contributed by atoms with Gasteiger partial charge in [0.15, 0.2) is 0 Å².